The Morgan fingerprint density at radius 2 is 2.06 bits per heavy atom. The van der Waals surface area contributed by atoms with Crippen molar-refractivity contribution in [3.63, 3.8) is 0 Å². The summed E-state index contributed by atoms with van der Waals surface area (Å²) in [5.41, 5.74) is 1.08. The van der Waals surface area contributed by atoms with Crippen LogP contribution in [0.25, 0.3) is 0 Å². The minimum Gasteiger partial charge on any atom is -0.394 e. The Kier molecular flexibility index (Phi) is 3.76. The molecule has 17 heavy (non-hydrogen) atoms. The van der Waals surface area contributed by atoms with Gasteiger partial charge >= 0.3 is 0 Å². The van der Waals surface area contributed by atoms with Crippen molar-refractivity contribution in [1.29, 1.82) is 0 Å². The van der Waals surface area contributed by atoms with Gasteiger partial charge in [0.15, 0.2) is 0 Å². The SMILES string of the molecule is O=C1CC([C@H](O)CO)CN1Cc1ccccc1. The average molecular weight is 235 g/mol. The summed E-state index contributed by atoms with van der Waals surface area (Å²) in [4.78, 5) is 13.5. The van der Waals surface area contributed by atoms with Gasteiger partial charge in [0.1, 0.15) is 0 Å². The molecule has 4 nitrogen and oxygen atoms in total. The number of nitrogens with zero attached hydrogens (tertiary/aromatic N) is 1. The van der Waals surface area contributed by atoms with Crippen LogP contribution in [0.1, 0.15) is 12.0 Å². The Morgan fingerprint density at radius 1 is 1.35 bits per heavy atom. The molecule has 1 aromatic rings. The predicted octanol–water partition coefficient (Wildman–Crippen LogP) is 0.388. The van der Waals surface area contributed by atoms with Crippen LogP contribution >= 0.6 is 0 Å². The van der Waals surface area contributed by atoms with E-state index in [0.29, 0.717) is 19.5 Å². The number of carbonyl (C=O) groups is 1. The summed E-state index contributed by atoms with van der Waals surface area (Å²) >= 11 is 0. The molecule has 2 atom stereocenters. The van der Waals surface area contributed by atoms with Crippen LogP contribution in [0.5, 0.6) is 0 Å². The Morgan fingerprint density at radius 3 is 2.71 bits per heavy atom. The van der Waals surface area contributed by atoms with Gasteiger partial charge in [-0.15, -0.1) is 0 Å². The number of benzene rings is 1. The fourth-order valence-electron chi connectivity index (χ4n) is 2.17. The Hall–Kier alpha value is -1.39. The van der Waals surface area contributed by atoms with Crippen molar-refractivity contribution in [3.8, 4) is 0 Å². The lowest BCUT2D eigenvalue weighted by atomic mass is 10.0. The summed E-state index contributed by atoms with van der Waals surface area (Å²) in [7, 11) is 0. The van der Waals surface area contributed by atoms with Gasteiger partial charge < -0.3 is 15.1 Å². The van der Waals surface area contributed by atoms with Crippen molar-refractivity contribution >= 4 is 5.91 Å². The molecule has 1 heterocycles. The topological polar surface area (TPSA) is 60.8 Å². The van der Waals surface area contributed by atoms with Gasteiger partial charge in [-0.3, -0.25) is 4.79 Å². The number of aliphatic hydroxyl groups is 2. The second-order valence-corrected chi connectivity index (χ2v) is 4.47. The van der Waals surface area contributed by atoms with E-state index >= 15 is 0 Å². The third-order valence-electron chi connectivity index (χ3n) is 3.19. The quantitative estimate of drug-likeness (QED) is 0.793. The van der Waals surface area contributed by atoms with Crippen molar-refractivity contribution in [2.45, 2.75) is 19.1 Å². The molecule has 0 radical (unpaired) electrons. The molecular formula is C13H17NO3. The molecule has 92 valence electrons. The van der Waals surface area contributed by atoms with Crippen molar-refractivity contribution in [2.75, 3.05) is 13.2 Å². The molecule has 0 bridgehead atoms. The van der Waals surface area contributed by atoms with Crippen LogP contribution in [-0.4, -0.2) is 40.3 Å². The standard InChI is InChI=1S/C13H17NO3/c15-9-12(16)11-6-13(17)14(8-11)7-10-4-2-1-3-5-10/h1-5,11-12,15-16H,6-9H2/t11?,12-/m1/s1. The summed E-state index contributed by atoms with van der Waals surface area (Å²) in [5.74, 6) is -0.0948. The second kappa shape index (κ2) is 5.29. The molecule has 1 amide bonds. The van der Waals surface area contributed by atoms with E-state index in [-0.39, 0.29) is 18.4 Å². The van der Waals surface area contributed by atoms with Crippen molar-refractivity contribution in [3.05, 3.63) is 35.9 Å². The van der Waals surface area contributed by atoms with E-state index in [1.54, 1.807) is 4.90 Å². The van der Waals surface area contributed by atoms with Gasteiger partial charge in [0, 0.05) is 25.4 Å². The van der Waals surface area contributed by atoms with Gasteiger partial charge in [-0.25, -0.2) is 0 Å². The summed E-state index contributed by atoms with van der Waals surface area (Å²) in [5, 5.41) is 18.4. The third kappa shape index (κ3) is 2.84. The van der Waals surface area contributed by atoms with E-state index in [9.17, 15) is 9.90 Å². The van der Waals surface area contributed by atoms with Gasteiger partial charge in [0.25, 0.3) is 0 Å². The molecule has 0 aliphatic carbocycles. The highest BCUT2D eigenvalue weighted by Crippen LogP contribution is 2.22. The van der Waals surface area contributed by atoms with E-state index in [0.717, 1.165) is 5.56 Å². The van der Waals surface area contributed by atoms with Crippen LogP contribution in [0.4, 0.5) is 0 Å². The molecule has 1 aromatic carbocycles. The van der Waals surface area contributed by atoms with Crippen LogP contribution < -0.4 is 0 Å². The van der Waals surface area contributed by atoms with Crippen LogP contribution in [0, 0.1) is 5.92 Å². The number of amides is 1. The third-order valence-corrected chi connectivity index (χ3v) is 3.19. The van der Waals surface area contributed by atoms with E-state index in [4.69, 9.17) is 5.11 Å². The molecule has 2 rings (SSSR count). The van der Waals surface area contributed by atoms with Crippen molar-refractivity contribution < 1.29 is 15.0 Å². The van der Waals surface area contributed by atoms with Crippen LogP contribution in [0.3, 0.4) is 0 Å². The maximum atomic E-state index is 11.7. The summed E-state index contributed by atoms with van der Waals surface area (Å²) < 4.78 is 0. The number of hydrogen-bond donors (Lipinski definition) is 2. The molecule has 1 fully saturated rings. The van der Waals surface area contributed by atoms with Crippen LogP contribution in [0.15, 0.2) is 30.3 Å². The number of carbonyl (C=O) groups excluding carboxylic acids is 1. The van der Waals surface area contributed by atoms with E-state index < -0.39 is 6.10 Å². The number of aliphatic hydroxyl groups excluding tert-OH is 2. The summed E-state index contributed by atoms with van der Waals surface area (Å²) in [6.07, 6.45) is -0.464. The van der Waals surface area contributed by atoms with Crippen molar-refractivity contribution in [1.82, 2.24) is 4.90 Å². The normalized spacial score (nSPS) is 21.9. The fourth-order valence-corrected chi connectivity index (χ4v) is 2.17. The first-order valence-corrected chi connectivity index (χ1v) is 5.81. The number of hydrogen-bond acceptors (Lipinski definition) is 3. The maximum Gasteiger partial charge on any atom is 0.223 e. The average Bonchev–Trinajstić information content (AvgIpc) is 2.71. The van der Waals surface area contributed by atoms with Gasteiger partial charge in [-0.05, 0) is 5.56 Å². The molecule has 1 saturated heterocycles. The van der Waals surface area contributed by atoms with Crippen molar-refractivity contribution in [2.24, 2.45) is 5.92 Å². The molecule has 2 N–H and O–H groups in total. The Balaban J connectivity index is 1.97. The molecule has 0 saturated carbocycles. The van der Waals surface area contributed by atoms with Gasteiger partial charge in [0.05, 0.1) is 12.7 Å². The minimum absolute atomic E-state index is 0.0475. The zero-order chi connectivity index (χ0) is 12.3. The minimum atomic E-state index is -0.792. The van der Waals surface area contributed by atoms with Crippen LogP contribution in [0.2, 0.25) is 0 Å². The molecule has 0 aromatic heterocycles. The van der Waals surface area contributed by atoms with Gasteiger partial charge in [-0.1, -0.05) is 30.3 Å². The first-order chi connectivity index (χ1) is 8.20. The first-order valence-electron chi connectivity index (χ1n) is 5.81. The predicted molar refractivity (Wildman–Crippen MR) is 63.1 cm³/mol. The molecule has 4 heteroatoms. The molecule has 1 aliphatic heterocycles. The van der Waals surface area contributed by atoms with Gasteiger partial charge in [0.2, 0.25) is 5.91 Å². The highest BCUT2D eigenvalue weighted by Gasteiger charge is 2.33. The lowest BCUT2D eigenvalue weighted by molar-refractivity contribution is -0.128. The smallest absolute Gasteiger partial charge is 0.223 e. The highest BCUT2D eigenvalue weighted by molar-refractivity contribution is 5.78. The lowest BCUT2D eigenvalue weighted by Crippen LogP contribution is -2.28. The van der Waals surface area contributed by atoms with E-state index in [1.165, 1.54) is 0 Å². The monoisotopic (exact) mass is 235 g/mol. The first kappa shape index (κ1) is 12.1. The number of rotatable bonds is 4. The Bertz CT molecular complexity index is 380. The largest absolute Gasteiger partial charge is 0.394 e. The highest BCUT2D eigenvalue weighted by atomic mass is 16.3. The molecule has 1 aliphatic rings. The molecule has 1 unspecified atom stereocenters. The van der Waals surface area contributed by atoms with Crippen LogP contribution in [-0.2, 0) is 11.3 Å². The van der Waals surface area contributed by atoms with E-state index in [1.807, 2.05) is 30.3 Å². The lowest BCUT2D eigenvalue weighted by Gasteiger charge is -2.18. The Labute approximate surface area is 100 Å². The zero-order valence-corrected chi connectivity index (χ0v) is 9.62. The number of likely N-dealkylation sites (tertiary alicyclic amines) is 1. The molecule has 0 spiro atoms. The summed E-state index contributed by atoms with van der Waals surface area (Å²) in [6, 6.07) is 9.77. The van der Waals surface area contributed by atoms with E-state index in [2.05, 4.69) is 0 Å². The second-order valence-electron chi connectivity index (χ2n) is 4.47. The molecular weight excluding hydrogens is 218 g/mol. The fraction of sp³-hybridized carbons (Fsp3) is 0.462. The van der Waals surface area contributed by atoms with Gasteiger partial charge in [-0.2, -0.15) is 0 Å². The summed E-state index contributed by atoms with van der Waals surface area (Å²) in [6.45, 7) is 0.820. The zero-order valence-electron chi connectivity index (χ0n) is 9.62. The maximum absolute atomic E-state index is 11.7.